The first-order valence-corrected chi connectivity index (χ1v) is 12.0. The number of hydrogen-bond donors (Lipinski definition) is 1. The van der Waals surface area contributed by atoms with E-state index in [9.17, 15) is 4.79 Å². The number of pyridine rings is 1. The van der Waals surface area contributed by atoms with Gasteiger partial charge in [-0.05, 0) is 61.9 Å². The van der Waals surface area contributed by atoms with Crippen molar-refractivity contribution in [1.82, 2.24) is 25.1 Å². The van der Waals surface area contributed by atoms with Gasteiger partial charge in [-0.25, -0.2) is 4.98 Å². The normalized spacial score (nSPS) is 21.5. The summed E-state index contributed by atoms with van der Waals surface area (Å²) in [5.74, 6) is 2.40. The van der Waals surface area contributed by atoms with Gasteiger partial charge in [0.05, 0.1) is 11.8 Å². The number of benzene rings is 1. The second-order valence-corrected chi connectivity index (χ2v) is 9.29. The predicted octanol–water partition coefficient (Wildman–Crippen LogP) is 3.92. The molecule has 0 radical (unpaired) electrons. The van der Waals surface area contributed by atoms with E-state index in [1.807, 2.05) is 42.5 Å². The maximum atomic E-state index is 12.1. The largest absolute Gasteiger partial charge is 0.474 e. The van der Waals surface area contributed by atoms with Crippen molar-refractivity contribution in [1.29, 1.82) is 5.26 Å². The van der Waals surface area contributed by atoms with Crippen LogP contribution in [-0.4, -0.2) is 37.8 Å². The second-order valence-electron chi connectivity index (χ2n) is 8.85. The Labute approximate surface area is 202 Å². The van der Waals surface area contributed by atoms with Gasteiger partial charge in [-0.2, -0.15) is 5.26 Å². The first-order chi connectivity index (χ1) is 16.6. The van der Waals surface area contributed by atoms with Gasteiger partial charge >= 0.3 is 0 Å². The molecule has 2 aliphatic rings. The summed E-state index contributed by atoms with van der Waals surface area (Å²) in [4.78, 5) is 16.4. The third-order valence-corrected chi connectivity index (χ3v) is 6.74. The first kappa shape index (κ1) is 22.4. The van der Waals surface area contributed by atoms with Crippen molar-refractivity contribution in [3.05, 3.63) is 64.8 Å². The molecule has 0 unspecified atom stereocenters. The number of amides is 1. The van der Waals surface area contributed by atoms with Crippen LogP contribution in [0.15, 0.2) is 42.6 Å². The van der Waals surface area contributed by atoms with Crippen molar-refractivity contribution in [2.75, 3.05) is 0 Å². The Hall–Kier alpha value is -3.44. The summed E-state index contributed by atoms with van der Waals surface area (Å²) in [6.45, 7) is 0. The van der Waals surface area contributed by atoms with Gasteiger partial charge in [0, 0.05) is 35.7 Å². The number of nitriles is 1. The summed E-state index contributed by atoms with van der Waals surface area (Å²) in [6, 6.07) is 13.2. The number of halogens is 1. The molecule has 1 aliphatic heterocycles. The SMILES string of the molecule is N#CCC(=O)N[C@@H]1Cc2cc(Cl)ccc2-n2c(nnc2[C@H]2CC[C@H](Oc3ccccn3)CC2)C1. The maximum absolute atomic E-state index is 12.1. The van der Waals surface area contributed by atoms with Crippen LogP contribution in [0.5, 0.6) is 5.88 Å². The topological polar surface area (TPSA) is 106 Å². The van der Waals surface area contributed by atoms with Crippen LogP contribution in [-0.2, 0) is 17.6 Å². The summed E-state index contributed by atoms with van der Waals surface area (Å²) in [7, 11) is 0. The highest BCUT2D eigenvalue weighted by Crippen LogP contribution is 2.37. The second kappa shape index (κ2) is 9.82. The third-order valence-electron chi connectivity index (χ3n) is 6.50. The number of carbonyl (C=O) groups is 1. The van der Waals surface area contributed by atoms with Crippen molar-refractivity contribution >= 4 is 17.5 Å². The van der Waals surface area contributed by atoms with E-state index >= 15 is 0 Å². The van der Waals surface area contributed by atoms with Gasteiger partial charge in [-0.1, -0.05) is 17.7 Å². The van der Waals surface area contributed by atoms with Crippen LogP contribution in [0.4, 0.5) is 0 Å². The average molecular weight is 477 g/mol. The molecular weight excluding hydrogens is 452 g/mol. The Kier molecular flexibility index (Phi) is 6.45. The molecule has 8 nitrogen and oxygen atoms in total. The molecule has 1 aromatic carbocycles. The molecule has 0 bridgehead atoms. The molecule has 5 rings (SSSR count). The zero-order chi connectivity index (χ0) is 23.5. The lowest BCUT2D eigenvalue weighted by atomic mass is 9.86. The van der Waals surface area contributed by atoms with Crippen LogP contribution in [0, 0.1) is 11.3 Å². The smallest absolute Gasteiger partial charge is 0.234 e. The molecule has 0 saturated heterocycles. The van der Waals surface area contributed by atoms with Crippen LogP contribution < -0.4 is 10.1 Å². The van der Waals surface area contributed by atoms with Gasteiger partial charge in [-0.15, -0.1) is 10.2 Å². The number of aromatic nitrogens is 4. The van der Waals surface area contributed by atoms with Crippen LogP contribution in [0.25, 0.3) is 5.69 Å². The Morgan fingerprint density at radius 3 is 2.79 bits per heavy atom. The summed E-state index contributed by atoms with van der Waals surface area (Å²) in [5, 5.41) is 21.6. The molecule has 3 aromatic rings. The van der Waals surface area contributed by atoms with E-state index in [2.05, 4.69) is 25.1 Å². The van der Waals surface area contributed by atoms with Gasteiger partial charge < -0.3 is 10.1 Å². The van der Waals surface area contributed by atoms with E-state index < -0.39 is 0 Å². The number of carbonyl (C=O) groups excluding carboxylic acids is 1. The van der Waals surface area contributed by atoms with E-state index in [1.165, 1.54) is 0 Å². The van der Waals surface area contributed by atoms with E-state index in [1.54, 1.807) is 6.20 Å². The quantitative estimate of drug-likeness (QED) is 0.598. The van der Waals surface area contributed by atoms with Crippen LogP contribution in [0.1, 0.15) is 55.2 Å². The molecule has 0 spiro atoms. The van der Waals surface area contributed by atoms with E-state index in [0.717, 1.165) is 48.6 Å². The third kappa shape index (κ3) is 4.75. The molecule has 1 saturated carbocycles. The van der Waals surface area contributed by atoms with Crippen LogP contribution in [0.2, 0.25) is 5.02 Å². The monoisotopic (exact) mass is 476 g/mol. The van der Waals surface area contributed by atoms with Crippen molar-refractivity contribution < 1.29 is 9.53 Å². The highest BCUT2D eigenvalue weighted by Gasteiger charge is 2.32. The number of ether oxygens (including phenoxy) is 1. The fourth-order valence-electron chi connectivity index (χ4n) is 4.96. The van der Waals surface area contributed by atoms with Gasteiger partial charge in [-0.3, -0.25) is 9.36 Å². The summed E-state index contributed by atoms with van der Waals surface area (Å²) in [5.41, 5.74) is 2.03. The number of nitrogens with one attached hydrogen (secondary N) is 1. The lowest BCUT2D eigenvalue weighted by Gasteiger charge is -2.28. The lowest BCUT2D eigenvalue weighted by Crippen LogP contribution is -2.37. The van der Waals surface area contributed by atoms with Gasteiger partial charge in [0.15, 0.2) is 0 Å². The number of nitrogens with zero attached hydrogens (tertiary/aromatic N) is 5. The van der Waals surface area contributed by atoms with E-state index in [4.69, 9.17) is 21.6 Å². The van der Waals surface area contributed by atoms with Crippen LogP contribution in [0.3, 0.4) is 0 Å². The van der Waals surface area contributed by atoms with Crippen molar-refractivity contribution in [2.24, 2.45) is 0 Å². The van der Waals surface area contributed by atoms with Crippen molar-refractivity contribution in [3.8, 4) is 17.6 Å². The molecule has 1 N–H and O–H groups in total. The van der Waals surface area contributed by atoms with Gasteiger partial charge in [0.2, 0.25) is 11.8 Å². The average Bonchev–Trinajstić information content (AvgIpc) is 3.17. The highest BCUT2D eigenvalue weighted by molar-refractivity contribution is 6.30. The standard InChI is InChI=1S/C25H25ClN6O2/c26-18-6-9-21-17(13-18)14-19(29-23(33)10-11-27)15-22-30-31-25(32(21)22)16-4-7-20(8-5-16)34-24-3-1-2-12-28-24/h1-3,6,9,12-13,16,19-20H,4-5,7-8,10,14-15H2,(H,29,33)/t16-,19-,20-/m1/s1. The fourth-order valence-corrected chi connectivity index (χ4v) is 5.16. The maximum Gasteiger partial charge on any atom is 0.234 e. The highest BCUT2D eigenvalue weighted by atomic mass is 35.5. The van der Waals surface area contributed by atoms with Gasteiger partial charge in [0.25, 0.3) is 0 Å². The first-order valence-electron chi connectivity index (χ1n) is 11.6. The van der Waals surface area contributed by atoms with Gasteiger partial charge in [0.1, 0.15) is 24.2 Å². The summed E-state index contributed by atoms with van der Waals surface area (Å²) in [6.07, 6.45) is 6.60. The predicted molar refractivity (Wildman–Crippen MR) is 126 cm³/mol. The van der Waals surface area contributed by atoms with E-state index in [-0.39, 0.29) is 30.4 Å². The molecule has 2 aromatic heterocycles. The fraction of sp³-hybridized carbons (Fsp3) is 0.400. The Bertz CT molecular complexity index is 1210. The van der Waals surface area contributed by atoms with Crippen molar-refractivity contribution in [2.45, 2.75) is 63.0 Å². The molecule has 1 fully saturated rings. The van der Waals surface area contributed by atoms with Crippen molar-refractivity contribution in [3.63, 3.8) is 0 Å². The molecule has 34 heavy (non-hydrogen) atoms. The molecule has 1 amide bonds. The summed E-state index contributed by atoms with van der Waals surface area (Å²) >= 11 is 6.32. The summed E-state index contributed by atoms with van der Waals surface area (Å²) < 4.78 is 8.21. The molecule has 1 aliphatic carbocycles. The molecule has 9 heteroatoms. The van der Waals surface area contributed by atoms with E-state index in [0.29, 0.717) is 23.7 Å². The van der Waals surface area contributed by atoms with Crippen LogP contribution >= 0.6 is 11.6 Å². The zero-order valence-electron chi connectivity index (χ0n) is 18.7. The number of fused-ring (bicyclic) bond motifs is 3. The molecule has 3 heterocycles. The number of hydrogen-bond acceptors (Lipinski definition) is 6. The Morgan fingerprint density at radius 1 is 1.18 bits per heavy atom. The minimum atomic E-state index is -0.282. The lowest BCUT2D eigenvalue weighted by molar-refractivity contribution is -0.120. The minimum Gasteiger partial charge on any atom is -0.474 e. The Balaban J connectivity index is 1.38. The number of rotatable bonds is 5. The molecule has 174 valence electrons. The molecular formula is C25H25ClN6O2. The Morgan fingerprint density at radius 2 is 2.03 bits per heavy atom. The molecule has 1 atom stereocenters. The minimum absolute atomic E-state index is 0.142. The zero-order valence-corrected chi connectivity index (χ0v) is 19.4.